The van der Waals surface area contributed by atoms with Crippen molar-refractivity contribution in [2.24, 2.45) is 5.41 Å². The van der Waals surface area contributed by atoms with E-state index in [0.717, 1.165) is 31.5 Å². The molecule has 0 aromatic heterocycles. The minimum atomic E-state index is -4.07. The number of rotatable bonds is 2. The first-order chi connectivity index (χ1) is 10.8. The number of benzene rings is 1. The van der Waals surface area contributed by atoms with Gasteiger partial charge < -0.3 is 14.4 Å². The number of aryl methyl sites for hydroxylation is 2. The Bertz CT molecular complexity index is 716. The van der Waals surface area contributed by atoms with Crippen LogP contribution in [-0.2, 0) is 14.3 Å². The molecule has 0 unspecified atom stereocenters. The first-order valence-corrected chi connectivity index (χ1v) is 9.24. The van der Waals surface area contributed by atoms with Crippen molar-refractivity contribution in [1.82, 2.24) is 10.2 Å². The van der Waals surface area contributed by atoms with Gasteiger partial charge in [0, 0.05) is 18.5 Å². The number of hydrogen-bond donors (Lipinski definition) is 1. The van der Waals surface area contributed by atoms with Gasteiger partial charge in [-0.25, -0.2) is 4.79 Å². The van der Waals surface area contributed by atoms with Crippen LogP contribution < -0.4 is 5.32 Å². The second kappa shape index (κ2) is 5.79. The van der Waals surface area contributed by atoms with Crippen molar-refractivity contribution in [1.29, 1.82) is 0 Å². The lowest BCUT2D eigenvalue weighted by molar-refractivity contribution is -0.00699. The van der Waals surface area contributed by atoms with Gasteiger partial charge in [-0.2, -0.15) is 8.42 Å². The molecule has 2 aliphatic rings. The number of amides is 1. The summed E-state index contributed by atoms with van der Waals surface area (Å²) in [5, 5.41) is 3.29. The molecule has 2 fully saturated rings. The molecule has 2 heterocycles. The van der Waals surface area contributed by atoms with Crippen LogP contribution in [0.4, 0.5) is 4.79 Å². The molecule has 1 spiro atoms. The second-order valence-electron chi connectivity index (χ2n) is 6.68. The predicted molar refractivity (Wildman–Crippen MR) is 85.7 cm³/mol. The van der Waals surface area contributed by atoms with Crippen LogP contribution in [0.25, 0.3) is 0 Å². The molecule has 126 valence electrons. The predicted octanol–water partition coefficient (Wildman–Crippen LogP) is 1.81. The molecule has 0 radical (unpaired) electrons. The van der Waals surface area contributed by atoms with Crippen LogP contribution >= 0.6 is 0 Å². The third kappa shape index (κ3) is 3.21. The van der Waals surface area contributed by atoms with E-state index in [2.05, 4.69) is 5.32 Å². The Morgan fingerprint density at radius 3 is 2.48 bits per heavy atom. The zero-order valence-electron chi connectivity index (χ0n) is 13.5. The molecular formula is C16H22N2O4S. The normalized spacial score (nSPS) is 20.2. The highest BCUT2D eigenvalue weighted by Crippen LogP contribution is 2.39. The zero-order chi connectivity index (χ0) is 16.7. The average Bonchev–Trinajstić information content (AvgIpc) is 2.44. The van der Waals surface area contributed by atoms with Crippen LogP contribution in [0.1, 0.15) is 24.0 Å². The fourth-order valence-corrected chi connectivity index (χ4v) is 4.51. The smallest absolute Gasteiger partial charge is 0.324 e. The van der Waals surface area contributed by atoms with Crippen LogP contribution in [0.3, 0.4) is 0 Å². The van der Waals surface area contributed by atoms with E-state index in [1.807, 2.05) is 6.92 Å². The molecule has 2 aliphatic heterocycles. The van der Waals surface area contributed by atoms with Gasteiger partial charge >= 0.3 is 16.2 Å². The molecule has 23 heavy (non-hydrogen) atoms. The van der Waals surface area contributed by atoms with E-state index in [4.69, 9.17) is 4.18 Å². The number of carbonyl (C=O) groups excluding carboxylic acids is 1. The molecule has 2 saturated heterocycles. The van der Waals surface area contributed by atoms with E-state index < -0.39 is 16.2 Å². The average molecular weight is 338 g/mol. The molecule has 1 aromatic carbocycles. The van der Waals surface area contributed by atoms with Crippen molar-refractivity contribution in [3.05, 3.63) is 29.3 Å². The minimum absolute atomic E-state index is 0.0496. The molecule has 0 aliphatic carbocycles. The Hall–Kier alpha value is -1.60. The van der Waals surface area contributed by atoms with E-state index in [9.17, 15) is 13.2 Å². The first kappa shape index (κ1) is 16.3. The van der Waals surface area contributed by atoms with E-state index >= 15 is 0 Å². The monoisotopic (exact) mass is 338 g/mol. The van der Waals surface area contributed by atoms with Crippen LogP contribution in [0.15, 0.2) is 23.1 Å². The van der Waals surface area contributed by atoms with Crippen molar-refractivity contribution < 1.29 is 17.4 Å². The van der Waals surface area contributed by atoms with Crippen molar-refractivity contribution in [3.8, 4) is 0 Å². The van der Waals surface area contributed by atoms with Gasteiger partial charge in [0.25, 0.3) is 0 Å². The summed E-state index contributed by atoms with van der Waals surface area (Å²) in [7, 11) is -4.07. The Balaban J connectivity index is 1.66. The number of nitrogens with one attached hydrogen (secondary N) is 1. The molecule has 6 nitrogen and oxygen atoms in total. The van der Waals surface area contributed by atoms with Crippen LogP contribution in [0, 0.1) is 19.3 Å². The van der Waals surface area contributed by atoms with E-state index in [0.29, 0.717) is 18.7 Å². The lowest BCUT2D eigenvalue weighted by Crippen LogP contribution is -2.61. The molecular weight excluding hydrogens is 316 g/mol. The van der Waals surface area contributed by atoms with Gasteiger partial charge in [-0.15, -0.1) is 0 Å². The van der Waals surface area contributed by atoms with Gasteiger partial charge in [0.15, 0.2) is 0 Å². The van der Waals surface area contributed by atoms with Gasteiger partial charge in [0.2, 0.25) is 0 Å². The van der Waals surface area contributed by atoms with Gasteiger partial charge in [-0.05, 0) is 51.4 Å². The Kier molecular flexibility index (Phi) is 4.10. The summed E-state index contributed by atoms with van der Waals surface area (Å²) in [5.74, 6) is 0. The lowest BCUT2D eigenvalue weighted by Gasteiger charge is -2.51. The Labute approximate surface area is 136 Å². The molecule has 3 rings (SSSR count). The van der Waals surface area contributed by atoms with Crippen molar-refractivity contribution in [2.45, 2.75) is 31.6 Å². The summed E-state index contributed by atoms with van der Waals surface area (Å²) in [4.78, 5) is 13.7. The van der Waals surface area contributed by atoms with E-state index in [1.54, 1.807) is 19.1 Å². The third-order valence-corrected chi connectivity index (χ3v) is 6.11. The number of hydrogen-bond acceptors (Lipinski definition) is 5. The highest BCUT2D eigenvalue weighted by Gasteiger charge is 2.47. The van der Waals surface area contributed by atoms with Crippen molar-refractivity contribution in [3.63, 3.8) is 0 Å². The fraction of sp³-hybridized carbons (Fsp3) is 0.562. The molecule has 0 bridgehead atoms. The summed E-state index contributed by atoms with van der Waals surface area (Å²) in [6.45, 7) is 6.63. The van der Waals surface area contributed by atoms with Gasteiger partial charge in [0.1, 0.15) is 4.90 Å². The summed E-state index contributed by atoms with van der Waals surface area (Å²) >= 11 is 0. The van der Waals surface area contributed by atoms with Gasteiger partial charge in [0.05, 0.1) is 0 Å². The fourth-order valence-electron chi connectivity index (χ4n) is 3.44. The second-order valence-corrected chi connectivity index (χ2v) is 8.19. The molecule has 0 atom stereocenters. The first-order valence-electron chi connectivity index (χ1n) is 7.83. The quantitative estimate of drug-likeness (QED) is 0.833. The summed E-state index contributed by atoms with van der Waals surface area (Å²) < 4.78 is 29.4. The maximum atomic E-state index is 12.3. The van der Waals surface area contributed by atoms with Gasteiger partial charge in [-0.1, -0.05) is 17.7 Å². The van der Waals surface area contributed by atoms with E-state index in [1.165, 1.54) is 11.0 Å². The van der Waals surface area contributed by atoms with E-state index in [-0.39, 0.29) is 10.3 Å². The third-order valence-electron chi connectivity index (χ3n) is 4.76. The summed E-state index contributed by atoms with van der Waals surface area (Å²) in [5.41, 5.74) is 1.69. The number of nitrogens with zero attached hydrogens (tertiary/aromatic N) is 1. The summed E-state index contributed by atoms with van der Waals surface area (Å²) in [6, 6.07) is 4.94. The molecule has 1 aromatic rings. The Morgan fingerprint density at radius 2 is 1.87 bits per heavy atom. The van der Waals surface area contributed by atoms with Crippen LogP contribution in [0.2, 0.25) is 0 Å². The Morgan fingerprint density at radius 1 is 1.22 bits per heavy atom. The van der Waals surface area contributed by atoms with Crippen LogP contribution in [-0.4, -0.2) is 45.6 Å². The van der Waals surface area contributed by atoms with Crippen molar-refractivity contribution >= 4 is 16.2 Å². The SMILES string of the molecule is Cc1ccc(S(=O)(=O)OC(=O)N2CC3(CCNCC3)C2)c(C)c1. The minimum Gasteiger partial charge on any atom is -0.324 e. The highest BCUT2D eigenvalue weighted by molar-refractivity contribution is 7.87. The zero-order valence-corrected chi connectivity index (χ0v) is 14.3. The lowest BCUT2D eigenvalue weighted by atomic mass is 9.73. The maximum Gasteiger partial charge on any atom is 0.425 e. The molecule has 1 N–H and O–H groups in total. The highest BCUT2D eigenvalue weighted by atomic mass is 32.2. The maximum absolute atomic E-state index is 12.3. The number of carbonyl (C=O) groups is 1. The number of likely N-dealkylation sites (tertiary alicyclic amines) is 1. The molecule has 1 amide bonds. The topological polar surface area (TPSA) is 75.7 Å². The van der Waals surface area contributed by atoms with Gasteiger partial charge in [-0.3, -0.25) is 0 Å². The standard InChI is InChI=1S/C16H22N2O4S/c1-12-3-4-14(13(2)9-12)23(20,21)22-15(19)18-10-16(11-18)5-7-17-8-6-16/h3-4,9,17H,5-8,10-11H2,1-2H3. The van der Waals surface area contributed by atoms with Crippen molar-refractivity contribution in [2.75, 3.05) is 26.2 Å². The van der Waals surface area contributed by atoms with Crippen LogP contribution in [0.5, 0.6) is 0 Å². The number of piperidine rings is 1. The molecule has 0 saturated carbocycles. The summed E-state index contributed by atoms with van der Waals surface area (Å²) in [6.07, 6.45) is 1.26. The molecule has 7 heteroatoms. The largest absolute Gasteiger partial charge is 0.425 e.